The molecule has 0 saturated carbocycles. The fraction of sp³-hybridized carbons (Fsp3) is 0.769. The Morgan fingerprint density at radius 1 is 1.39 bits per heavy atom. The maximum absolute atomic E-state index is 5.41. The Morgan fingerprint density at radius 3 is 2.61 bits per heavy atom. The lowest BCUT2D eigenvalue weighted by atomic mass is 10.1. The summed E-state index contributed by atoms with van der Waals surface area (Å²) in [6.45, 7) is 7.99. The summed E-state index contributed by atoms with van der Waals surface area (Å²) in [6.07, 6.45) is 2.87. The molecule has 0 bridgehead atoms. The van der Waals surface area contributed by atoms with Gasteiger partial charge in [0.15, 0.2) is 5.75 Å². The lowest BCUT2D eigenvalue weighted by molar-refractivity contribution is 0.0992. The molecule has 1 rings (SSSR count). The van der Waals surface area contributed by atoms with Gasteiger partial charge < -0.3 is 14.8 Å². The maximum atomic E-state index is 5.41. The van der Waals surface area contributed by atoms with Crippen LogP contribution in [0.1, 0.15) is 38.9 Å². The second-order valence-corrected chi connectivity index (χ2v) is 4.31. The van der Waals surface area contributed by atoms with E-state index in [-0.39, 0.29) is 12.1 Å². The largest absolute Gasteiger partial charge is 0.493 e. The number of hydrogen-bond donors (Lipinski definition) is 1. The number of ether oxygens (including phenoxy) is 2. The van der Waals surface area contributed by atoms with Crippen LogP contribution >= 0.6 is 0 Å². The van der Waals surface area contributed by atoms with E-state index < -0.39 is 0 Å². The van der Waals surface area contributed by atoms with E-state index in [4.69, 9.17) is 9.47 Å². The maximum Gasteiger partial charge on any atom is 0.161 e. The molecule has 0 aliphatic rings. The van der Waals surface area contributed by atoms with Gasteiger partial charge in [-0.25, -0.2) is 0 Å². The van der Waals surface area contributed by atoms with Gasteiger partial charge in [0, 0.05) is 13.7 Å². The lowest BCUT2D eigenvalue weighted by Crippen LogP contribution is -2.27. The summed E-state index contributed by atoms with van der Waals surface area (Å²) >= 11 is 0. The Labute approximate surface area is 109 Å². The van der Waals surface area contributed by atoms with Crippen molar-refractivity contribution in [3.8, 4) is 5.75 Å². The number of methoxy groups -OCH3 is 2. The molecule has 1 heterocycles. The third-order valence-corrected chi connectivity index (χ3v) is 3.11. The number of aryl methyl sites for hydroxylation is 1. The summed E-state index contributed by atoms with van der Waals surface area (Å²) in [5.41, 5.74) is 1.10. The van der Waals surface area contributed by atoms with Crippen LogP contribution in [0.5, 0.6) is 5.75 Å². The smallest absolute Gasteiger partial charge is 0.161 e. The SMILES string of the molecule is CCNC(CC(C)OC)c1c(OC)cnn1CC. The third-order valence-electron chi connectivity index (χ3n) is 3.11. The fourth-order valence-electron chi connectivity index (χ4n) is 2.10. The van der Waals surface area contributed by atoms with E-state index >= 15 is 0 Å². The molecule has 0 saturated heterocycles. The van der Waals surface area contributed by atoms with E-state index in [9.17, 15) is 0 Å². The quantitative estimate of drug-likeness (QED) is 0.771. The van der Waals surface area contributed by atoms with Crippen LogP contribution in [0.3, 0.4) is 0 Å². The van der Waals surface area contributed by atoms with Crippen molar-refractivity contribution >= 4 is 0 Å². The topological polar surface area (TPSA) is 48.3 Å². The van der Waals surface area contributed by atoms with Gasteiger partial charge in [-0.1, -0.05) is 6.92 Å². The molecule has 1 aromatic heterocycles. The summed E-state index contributed by atoms with van der Waals surface area (Å²) < 4.78 is 12.7. The van der Waals surface area contributed by atoms with Crippen LogP contribution in [0.4, 0.5) is 0 Å². The van der Waals surface area contributed by atoms with Crippen molar-refractivity contribution in [1.82, 2.24) is 15.1 Å². The molecule has 0 radical (unpaired) electrons. The summed E-state index contributed by atoms with van der Waals surface area (Å²) in [7, 11) is 3.42. The minimum absolute atomic E-state index is 0.193. The first-order chi connectivity index (χ1) is 8.67. The molecule has 1 N–H and O–H groups in total. The second-order valence-electron chi connectivity index (χ2n) is 4.31. The van der Waals surface area contributed by atoms with Gasteiger partial charge in [-0.15, -0.1) is 0 Å². The minimum atomic E-state index is 0.193. The molecule has 0 aliphatic carbocycles. The van der Waals surface area contributed by atoms with Crippen molar-refractivity contribution in [3.05, 3.63) is 11.9 Å². The van der Waals surface area contributed by atoms with Crippen molar-refractivity contribution in [2.75, 3.05) is 20.8 Å². The Hall–Kier alpha value is -1.07. The van der Waals surface area contributed by atoms with E-state index in [0.717, 1.165) is 31.0 Å². The zero-order chi connectivity index (χ0) is 13.5. The molecule has 0 aromatic carbocycles. The van der Waals surface area contributed by atoms with Crippen LogP contribution in [0.15, 0.2) is 6.20 Å². The van der Waals surface area contributed by atoms with Crippen LogP contribution in [0.25, 0.3) is 0 Å². The Kier molecular flexibility index (Phi) is 6.15. The molecule has 2 unspecified atom stereocenters. The highest BCUT2D eigenvalue weighted by atomic mass is 16.5. The van der Waals surface area contributed by atoms with Crippen molar-refractivity contribution in [2.24, 2.45) is 0 Å². The van der Waals surface area contributed by atoms with Gasteiger partial charge in [0.1, 0.15) is 0 Å². The third kappa shape index (κ3) is 3.46. The van der Waals surface area contributed by atoms with Gasteiger partial charge in [0.25, 0.3) is 0 Å². The highest BCUT2D eigenvalue weighted by molar-refractivity contribution is 5.28. The molecule has 0 spiro atoms. The van der Waals surface area contributed by atoms with Crippen LogP contribution in [0.2, 0.25) is 0 Å². The first-order valence-electron chi connectivity index (χ1n) is 6.53. The van der Waals surface area contributed by atoms with Crippen molar-refractivity contribution in [1.29, 1.82) is 0 Å². The van der Waals surface area contributed by atoms with Gasteiger partial charge in [0.05, 0.1) is 31.1 Å². The van der Waals surface area contributed by atoms with Crippen molar-refractivity contribution < 1.29 is 9.47 Å². The van der Waals surface area contributed by atoms with E-state index in [1.807, 2.05) is 4.68 Å². The molecular formula is C13H25N3O2. The lowest BCUT2D eigenvalue weighted by Gasteiger charge is -2.22. The fourth-order valence-corrected chi connectivity index (χ4v) is 2.10. The predicted octanol–water partition coefficient (Wildman–Crippen LogP) is 1.99. The Morgan fingerprint density at radius 2 is 2.11 bits per heavy atom. The standard InChI is InChI=1S/C13H25N3O2/c1-6-14-11(8-10(3)17-4)13-12(18-5)9-15-16(13)7-2/h9-11,14H,6-8H2,1-5H3. The Balaban J connectivity index is 2.99. The molecule has 18 heavy (non-hydrogen) atoms. The van der Waals surface area contributed by atoms with E-state index in [0.29, 0.717) is 0 Å². The normalized spacial score (nSPS) is 14.5. The summed E-state index contributed by atoms with van der Waals surface area (Å²) in [5, 5.41) is 7.83. The van der Waals surface area contributed by atoms with Crippen molar-refractivity contribution in [2.45, 2.75) is 45.9 Å². The molecule has 2 atom stereocenters. The number of aromatic nitrogens is 2. The van der Waals surface area contributed by atoms with Crippen molar-refractivity contribution in [3.63, 3.8) is 0 Å². The van der Waals surface area contributed by atoms with Crippen LogP contribution in [0, 0.1) is 0 Å². The average molecular weight is 255 g/mol. The van der Waals surface area contributed by atoms with Gasteiger partial charge in [-0.3, -0.25) is 4.68 Å². The molecule has 1 aromatic rings. The predicted molar refractivity (Wildman–Crippen MR) is 72.0 cm³/mol. The minimum Gasteiger partial charge on any atom is -0.493 e. The molecule has 0 amide bonds. The zero-order valence-electron chi connectivity index (χ0n) is 12.1. The summed E-state index contributed by atoms with van der Waals surface area (Å²) in [5.74, 6) is 0.839. The molecule has 5 nitrogen and oxygen atoms in total. The summed E-state index contributed by atoms with van der Waals surface area (Å²) in [4.78, 5) is 0. The van der Waals surface area contributed by atoms with E-state index in [1.165, 1.54) is 0 Å². The number of rotatable bonds is 8. The van der Waals surface area contributed by atoms with E-state index in [1.54, 1.807) is 20.4 Å². The molecular weight excluding hydrogens is 230 g/mol. The highest BCUT2D eigenvalue weighted by Crippen LogP contribution is 2.28. The monoisotopic (exact) mass is 255 g/mol. The highest BCUT2D eigenvalue weighted by Gasteiger charge is 2.22. The van der Waals surface area contributed by atoms with Gasteiger partial charge >= 0.3 is 0 Å². The summed E-state index contributed by atoms with van der Waals surface area (Å²) in [6, 6.07) is 0.197. The second kappa shape index (κ2) is 7.38. The van der Waals surface area contributed by atoms with Gasteiger partial charge in [0.2, 0.25) is 0 Å². The first kappa shape index (κ1) is 15.0. The van der Waals surface area contributed by atoms with E-state index in [2.05, 4.69) is 31.2 Å². The average Bonchev–Trinajstić information content (AvgIpc) is 2.80. The van der Waals surface area contributed by atoms with Crippen LogP contribution in [-0.4, -0.2) is 36.6 Å². The number of nitrogens with zero attached hydrogens (tertiary/aromatic N) is 2. The molecule has 5 heteroatoms. The van der Waals surface area contributed by atoms with Crippen LogP contribution in [-0.2, 0) is 11.3 Å². The zero-order valence-corrected chi connectivity index (χ0v) is 12.1. The molecule has 0 aliphatic heterocycles. The number of hydrogen-bond acceptors (Lipinski definition) is 4. The molecule has 0 fully saturated rings. The Bertz CT molecular complexity index is 331. The first-order valence-corrected chi connectivity index (χ1v) is 6.53. The van der Waals surface area contributed by atoms with Gasteiger partial charge in [-0.2, -0.15) is 5.10 Å². The van der Waals surface area contributed by atoms with Crippen LogP contribution < -0.4 is 10.1 Å². The van der Waals surface area contributed by atoms with Gasteiger partial charge in [-0.05, 0) is 26.8 Å². The molecule has 104 valence electrons. The number of nitrogens with one attached hydrogen (secondary N) is 1.